The van der Waals surface area contributed by atoms with Crippen molar-refractivity contribution in [2.45, 2.75) is 19.1 Å². The summed E-state index contributed by atoms with van der Waals surface area (Å²) in [6.07, 6.45) is -6.04. The molecule has 0 radical (unpaired) electrons. The minimum Gasteiger partial charge on any atom is -0.481 e. The normalized spacial score (nSPS) is 10.9. The Morgan fingerprint density at radius 1 is 1.20 bits per heavy atom. The first-order chi connectivity index (χ1) is 9.28. The fourth-order valence-corrected chi connectivity index (χ4v) is 1.43. The Morgan fingerprint density at radius 3 is 2.35 bits per heavy atom. The van der Waals surface area contributed by atoms with Crippen molar-refractivity contribution in [2.24, 2.45) is 0 Å². The molecule has 0 bridgehead atoms. The fraction of sp³-hybridized carbons (Fsp3) is 0.333. The van der Waals surface area contributed by atoms with E-state index in [1.807, 2.05) is 0 Å². The molecule has 0 fully saturated rings. The van der Waals surface area contributed by atoms with Crippen LogP contribution in [0, 0.1) is 0 Å². The molecule has 0 aliphatic carbocycles. The van der Waals surface area contributed by atoms with Crippen molar-refractivity contribution in [2.75, 3.05) is 6.61 Å². The van der Waals surface area contributed by atoms with Crippen LogP contribution in [0.25, 0.3) is 0 Å². The summed E-state index contributed by atoms with van der Waals surface area (Å²) in [6, 6.07) is 6.39. The molecule has 1 aromatic carbocycles. The third-order valence-electron chi connectivity index (χ3n) is 2.25. The third-order valence-corrected chi connectivity index (χ3v) is 2.25. The topological polar surface area (TPSA) is 75.6 Å². The number of hydrogen-bond donors (Lipinski definition) is 2. The zero-order chi connectivity index (χ0) is 15.2. The largest absolute Gasteiger partial charge is 0.481 e. The molecule has 20 heavy (non-hydrogen) atoms. The Morgan fingerprint density at radius 2 is 1.80 bits per heavy atom. The summed E-state index contributed by atoms with van der Waals surface area (Å²) in [4.78, 5) is 21.7. The Labute approximate surface area is 112 Å². The van der Waals surface area contributed by atoms with Gasteiger partial charge < -0.3 is 15.2 Å². The summed E-state index contributed by atoms with van der Waals surface area (Å²) in [7, 11) is 0. The Hall–Kier alpha value is -2.25. The van der Waals surface area contributed by atoms with Gasteiger partial charge in [0.25, 0.3) is 0 Å². The zero-order valence-electron chi connectivity index (χ0n) is 10.2. The number of benzene rings is 1. The first kappa shape index (κ1) is 15.8. The lowest BCUT2D eigenvalue weighted by Crippen LogP contribution is -2.29. The van der Waals surface area contributed by atoms with Crippen LogP contribution >= 0.6 is 0 Å². The lowest BCUT2D eigenvalue weighted by Gasteiger charge is -2.11. The summed E-state index contributed by atoms with van der Waals surface area (Å²) in [5, 5.41) is 10.8. The second-order valence-electron chi connectivity index (χ2n) is 3.88. The Bertz CT molecular complexity index is 488. The number of halogens is 3. The number of alkyl halides is 3. The second kappa shape index (κ2) is 6.78. The number of nitrogens with one attached hydrogen (secondary N) is 1. The van der Waals surface area contributed by atoms with Crippen molar-refractivity contribution in [1.29, 1.82) is 0 Å². The molecule has 1 aromatic rings. The monoisotopic (exact) mass is 291 g/mol. The average Bonchev–Trinajstić information content (AvgIpc) is 2.34. The minimum atomic E-state index is -4.58. The van der Waals surface area contributed by atoms with Gasteiger partial charge in [-0.25, -0.2) is 4.79 Å². The molecule has 8 heteroatoms. The van der Waals surface area contributed by atoms with Crippen molar-refractivity contribution in [1.82, 2.24) is 5.32 Å². The molecule has 5 nitrogen and oxygen atoms in total. The van der Waals surface area contributed by atoms with Gasteiger partial charge in [0, 0.05) is 6.54 Å². The van der Waals surface area contributed by atoms with Gasteiger partial charge in [-0.2, -0.15) is 13.2 Å². The molecule has 1 amide bonds. The van der Waals surface area contributed by atoms with Crippen LogP contribution in [0.3, 0.4) is 0 Å². The number of rotatable bonds is 5. The van der Waals surface area contributed by atoms with Gasteiger partial charge >= 0.3 is 18.2 Å². The van der Waals surface area contributed by atoms with E-state index in [0.717, 1.165) is 0 Å². The van der Waals surface area contributed by atoms with Crippen LogP contribution in [0.1, 0.15) is 11.1 Å². The van der Waals surface area contributed by atoms with Crippen molar-refractivity contribution >= 4 is 12.1 Å². The smallest absolute Gasteiger partial charge is 0.422 e. The predicted molar refractivity (Wildman–Crippen MR) is 62.0 cm³/mol. The second-order valence-corrected chi connectivity index (χ2v) is 3.88. The summed E-state index contributed by atoms with van der Waals surface area (Å²) in [5.41, 5.74) is 0.968. The van der Waals surface area contributed by atoms with Crippen LogP contribution in [-0.4, -0.2) is 30.0 Å². The number of amides is 1. The third kappa shape index (κ3) is 6.07. The Balaban J connectivity index is 2.53. The standard InChI is InChI=1S/C12H12F3NO4/c13-12(14,15)7-20-11(19)16-6-9-4-2-1-3-8(9)5-10(17)18/h1-4H,5-7H2,(H,16,19)(H,17,18). The molecule has 1 rings (SSSR count). The van der Waals surface area contributed by atoms with E-state index >= 15 is 0 Å². The summed E-state index contributed by atoms with van der Waals surface area (Å²) >= 11 is 0. The number of alkyl carbamates (subject to hydrolysis) is 1. The van der Waals surface area contributed by atoms with Crippen molar-refractivity contribution in [3.05, 3.63) is 35.4 Å². The van der Waals surface area contributed by atoms with Crippen molar-refractivity contribution in [3.8, 4) is 0 Å². The number of carboxylic acids is 1. The maximum Gasteiger partial charge on any atom is 0.422 e. The number of ether oxygens (including phenoxy) is 1. The molecule has 0 saturated carbocycles. The zero-order valence-corrected chi connectivity index (χ0v) is 10.2. The van der Waals surface area contributed by atoms with Gasteiger partial charge in [0.05, 0.1) is 6.42 Å². The van der Waals surface area contributed by atoms with Gasteiger partial charge in [0.15, 0.2) is 6.61 Å². The van der Waals surface area contributed by atoms with E-state index in [9.17, 15) is 22.8 Å². The van der Waals surface area contributed by atoms with Crippen LogP contribution < -0.4 is 5.32 Å². The summed E-state index contributed by atoms with van der Waals surface area (Å²) in [5.74, 6) is -1.04. The lowest BCUT2D eigenvalue weighted by molar-refractivity contribution is -0.160. The molecular weight excluding hydrogens is 279 g/mol. The van der Waals surface area contributed by atoms with E-state index in [-0.39, 0.29) is 13.0 Å². The highest BCUT2D eigenvalue weighted by atomic mass is 19.4. The van der Waals surface area contributed by atoms with Gasteiger partial charge in [0.2, 0.25) is 0 Å². The summed E-state index contributed by atoms with van der Waals surface area (Å²) in [6.45, 7) is -1.78. The maximum absolute atomic E-state index is 11.8. The maximum atomic E-state index is 11.8. The van der Waals surface area contributed by atoms with Crippen LogP contribution in [0.15, 0.2) is 24.3 Å². The lowest BCUT2D eigenvalue weighted by atomic mass is 10.0. The highest BCUT2D eigenvalue weighted by molar-refractivity contribution is 5.71. The van der Waals surface area contributed by atoms with E-state index in [2.05, 4.69) is 10.1 Å². The predicted octanol–water partition coefficient (Wildman–Crippen LogP) is 2.10. The number of carbonyl (C=O) groups is 2. The van der Waals surface area contributed by atoms with E-state index in [4.69, 9.17) is 5.11 Å². The van der Waals surface area contributed by atoms with Crippen LogP contribution in [0.4, 0.5) is 18.0 Å². The number of carbonyl (C=O) groups excluding carboxylic acids is 1. The molecule has 0 atom stereocenters. The van der Waals surface area contributed by atoms with E-state index in [1.54, 1.807) is 24.3 Å². The van der Waals surface area contributed by atoms with E-state index in [0.29, 0.717) is 11.1 Å². The van der Waals surface area contributed by atoms with Crippen LogP contribution in [0.5, 0.6) is 0 Å². The molecule has 0 heterocycles. The van der Waals surface area contributed by atoms with E-state index in [1.165, 1.54) is 0 Å². The average molecular weight is 291 g/mol. The highest BCUT2D eigenvalue weighted by Gasteiger charge is 2.29. The number of hydrogen-bond acceptors (Lipinski definition) is 3. The molecule has 0 aliphatic rings. The first-order valence-corrected chi connectivity index (χ1v) is 5.54. The van der Waals surface area contributed by atoms with Gasteiger partial charge in [-0.3, -0.25) is 4.79 Å². The van der Waals surface area contributed by atoms with Gasteiger partial charge in [-0.1, -0.05) is 24.3 Å². The van der Waals surface area contributed by atoms with Gasteiger partial charge in [-0.05, 0) is 11.1 Å². The van der Waals surface area contributed by atoms with Gasteiger partial charge in [0.1, 0.15) is 0 Å². The molecular formula is C12H12F3NO4. The first-order valence-electron chi connectivity index (χ1n) is 5.54. The van der Waals surface area contributed by atoms with Crippen molar-refractivity contribution in [3.63, 3.8) is 0 Å². The SMILES string of the molecule is O=C(O)Cc1ccccc1CNC(=O)OCC(F)(F)F. The van der Waals surface area contributed by atoms with Crippen molar-refractivity contribution < 1.29 is 32.6 Å². The number of carboxylic acid groups (broad SMARTS) is 1. The molecule has 0 aliphatic heterocycles. The number of aliphatic carboxylic acids is 1. The van der Waals surface area contributed by atoms with E-state index < -0.39 is 24.8 Å². The molecule has 2 N–H and O–H groups in total. The molecule has 0 saturated heterocycles. The molecule has 110 valence electrons. The van der Waals surface area contributed by atoms with Crippen LogP contribution in [-0.2, 0) is 22.5 Å². The molecule has 0 aromatic heterocycles. The quantitative estimate of drug-likeness (QED) is 0.871. The molecule has 0 unspecified atom stereocenters. The summed E-state index contributed by atoms with van der Waals surface area (Å²) < 4.78 is 39.4. The minimum absolute atomic E-state index is 0.111. The Kier molecular flexibility index (Phi) is 5.36. The highest BCUT2D eigenvalue weighted by Crippen LogP contribution is 2.14. The van der Waals surface area contributed by atoms with Crippen LogP contribution in [0.2, 0.25) is 0 Å². The van der Waals surface area contributed by atoms with Gasteiger partial charge in [-0.15, -0.1) is 0 Å². The fourth-order valence-electron chi connectivity index (χ4n) is 1.43. The molecule has 0 spiro atoms.